The molecule has 0 aliphatic heterocycles. The van der Waals surface area contributed by atoms with E-state index in [2.05, 4.69) is 37.7 Å². The zero-order chi connectivity index (χ0) is 12.3. The van der Waals surface area contributed by atoms with Crippen LogP contribution in [0.5, 0.6) is 0 Å². The lowest BCUT2D eigenvalue weighted by atomic mass is 9.96. The van der Waals surface area contributed by atoms with Crippen molar-refractivity contribution in [3.05, 3.63) is 16.5 Å². The summed E-state index contributed by atoms with van der Waals surface area (Å²) in [6, 6.07) is 0. The second kappa shape index (κ2) is 5.37. The van der Waals surface area contributed by atoms with Gasteiger partial charge in [0.1, 0.15) is 16.0 Å². The van der Waals surface area contributed by atoms with Crippen LogP contribution in [-0.2, 0) is 5.41 Å². The molecule has 2 nitrogen and oxygen atoms in total. The Kier molecular flexibility index (Phi) is 4.62. The van der Waals surface area contributed by atoms with Crippen LogP contribution in [0.1, 0.15) is 45.5 Å². The molecule has 0 aliphatic carbocycles. The van der Waals surface area contributed by atoms with E-state index in [0.717, 1.165) is 28.6 Å². The summed E-state index contributed by atoms with van der Waals surface area (Å²) in [6.45, 7) is 10.4. The van der Waals surface area contributed by atoms with Gasteiger partial charge in [0.15, 0.2) is 0 Å². The molecule has 0 aromatic carbocycles. The maximum Gasteiger partial charge on any atom is 0.136 e. The van der Waals surface area contributed by atoms with Crippen molar-refractivity contribution in [2.75, 3.05) is 5.75 Å². The van der Waals surface area contributed by atoms with Gasteiger partial charge in [0.05, 0.1) is 0 Å². The molecule has 0 atom stereocenters. The van der Waals surface area contributed by atoms with Crippen molar-refractivity contribution in [3.8, 4) is 0 Å². The van der Waals surface area contributed by atoms with Gasteiger partial charge < -0.3 is 0 Å². The average Bonchev–Trinajstić information content (AvgIpc) is 2.18. The van der Waals surface area contributed by atoms with E-state index in [1.54, 1.807) is 11.8 Å². The van der Waals surface area contributed by atoms with Gasteiger partial charge >= 0.3 is 0 Å². The van der Waals surface area contributed by atoms with E-state index in [4.69, 9.17) is 11.6 Å². The minimum atomic E-state index is -0.0567. The van der Waals surface area contributed by atoms with E-state index in [1.807, 2.05) is 6.92 Å². The summed E-state index contributed by atoms with van der Waals surface area (Å²) in [5.74, 6) is 1.89. The molecule has 4 heteroatoms. The third-order valence-corrected chi connectivity index (χ3v) is 3.81. The van der Waals surface area contributed by atoms with E-state index in [-0.39, 0.29) is 5.41 Å². The Hall–Kier alpha value is -0.280. The Morgan fingerprint density at radius 2 is 1.88 bits per heavy atom. The lowest BCUT2D eigenvalue weighted by molar-refractivity contribution is 0.537. The van der Waals surface area contributed by atoms with E-state index < -0.39 is 0 Å². The Bertz CT molecular complexity index is 372. The molecule has 0 N–H and O–H groups in total. The molecule has 1 rings (SSSR count). The molecule has 0 fully saturated rings. The first-order valence-corrected chi connectivity index (χ1v) is 6.90. The topological polar surface area (TPSA) is 25.8 Å². The standard InChI is InChI=1S/C12H19ClN2S/c1-6-7-16-10-8(2)9(13)14-11(15-10)12(3,4)5/h6-7H2,1-5H3. The fourth-order valence-corrected chi connectivity index (χ4v) is 2.23. The van der Waals surface area contributed by atoms with Crippen LogP contribution in [0.4, 0.5) is 0 Å². The van der Waals surface area contributed by atoms with Crippen molar-refractivity contribution >= 4 is 23.4 Å². The molecule has 0 unspecified atom stereocenters. The molecule has 90 valence electrons. The summed E-state index contributed by atoms with van der Waals surface area (Å²) < 4.78 is 0. The fourth-order valence-electron chi connectivity index (χ4n) is 1.14. The number of rotatable bonds is 3. The normalized spacial score (nSPS) is 11.9. The Labute approximate surface area is 107 Å². The number of nitrogens with zero attached hydrogens (tertiary/aromatic N) is 2. The van der Waals surface area contributed by atoms with Crippen molar-refractivity contribution in [3.63, 3.8) is 0 Å². The molecule has 0 aliphatic rings. The van der Waals surface area contributed by atoms with Crippen LogP contribution >= 0.6 is 23.4 Å². The summed E-state index contributed by atoms with van der Waals surface area (Å²) in [7, 11) is 0. The molecule has 16 heavy (non-hydrogen) atoms. The van der Waals surface area contributed by atoms with Gasteiger partial charge in [-0.05, 0) is 19.1 Å². The third-order valence-electron chi connectivity index (χ3n) is 2.16. The Balaban J connectivity index is 3.12. The summed E-state index contributed by atoms with van der Waals surface area (Å²) in [4.78, 5) is 8.96. The van der Waals surface area contributed by atoms with E-state index in [9.17, 15) is 0 Å². The first kappa shape index (κ1) is 13.8. The molecule has 1 aromatic heterocycles. The molecule has 0 saturated carbocycles. The highest BCUT2D eigenvalue weighted by Crippen LogP contribution is 2.29. The zero-order valence-corrected chi connectivity index (χ0v) is 12.2. The number of thioether (sulfide) groups is 1. The van der Waals surface area contributed by atoms with Gasteiger partial charge in [-0.15, -0.1) is 11.8 Å². The molecular formula is C12H19ClN2S. The smallest absolute Gasteiger partial charge is 0.136 e. The fraction of sp³-hybridized carbons (Fsp3) is 0.667. The molecule has 0 saturated heterocycles. The first-order valence-electron chi connectivity index (χ1n) is 5.53. The van der Waals surface area contributed by atoms with Gasteiger partial charge in [-0.25, -0.2) is 9.97 Å². The molecule has 0 bridgehead atoms. The van der Waals surface area contributed by atoms with Gasteiger partial charge in [0, 0.05) is 11.0 Å². The van der Waals surface area contributed by atoms with Gasteiger partial charge in [-0.1, -0.05) is 39.3 Å². The van der Waals surface area contributed by atoms with Crippen molar-refractivity contribution in [2.45, 2.75) is 51.5 Å². The SMILES string of the molecule is CCCSc1nc(C(C)(C)C)nc(Cl)c1C. The van der Waals surface area contributed by atoms with Gasteiger partial charge in [-0.2, -0.15) is 0 Å². The summed E-state index contributed by atoms with van der Waals surface area (Å²) >= 11 is 7.90. The van der Waals surface area contributed by atoms with Crippen LogP contribution in [0.2, 0.25) is 5.15 Å². The van der Waals surface area contributed by atoms with Gasteiger partial charge in [0.2, 0.25) is 0 Å². The number of halogens is 1. The highest BCUT2D eigenvalue weighted by molar-refractivity contribution is 7.99. The van der Waals surface area contributed by atoms with Crippen molar-refractivity contribution in [1.29, 1.82) is 0 Å². The first-order chi connectivity index (χ1) is 7.36. The molecule has 1 heterocycles. The van der Waals surface area contributed by atoms with Crippen molar-refractivity contribution < 1.29 is 0 Å². The maximum absolute atomic E-state index is 6.14. The molecule has 0 amide bonds. The van der Waals surface area contributed by atoms with Crippen molar-refractivity contribution in [2.24, 2.45) is 0 Å². The monoisotopic (exact) mass is 258 g/mol. The second-order valence-corrected chi connectivity index (χ2v) is 6.31. The van der Waals surface area contributed by atoms with E-state index in [0.29, 0.717) is 5.15 Å². The number of hydrogen-bond donors (Lipinski definition) is 0. The zero-order valence-electron chi connectivity index (χ0n) is 10.6. The molecular weight excluding hydrogens is 240 g/mol. The van der Waals surface area contributed by atoms with Crippen molar-refractivity contribution in [1.82, 2.24) is 9.97 Å². The van der Waals surface area contributed by atoms with Gasteiger partial charge in [0.25, 0.3) is 0 Å². The second-order valence-electron chi connectivity index (χ2n) is 4.87. The van der Waals surface area contributed by atoms with Crippen LogP contribution in [0.15, 0.2) is 5.03 Å². The lowest BCUT2D eigenvalue weighted by Crippen LogP contribution is -2.17. The number of aromatic nitrogens is 2. The van der Waals surface area contributed by atoms with Crippen LogP contribution in [0.3, 0.4) is 0 Å². The Morgan fingerprint density at radius 1 is 1.25 bits per heavy atom. The predicted octanol–water partition coefficient (Wildman–Crippen LogP) is 4.24. The highest BCUT2D eigenvalue weighted by Gasteiger charge is 2.20. The predicted molar refractivity (Wildman–Crippen MR) is 71.5 cm³/mol. The highest BCUT2D eigenvalue weighted by atomic mass is 35.5. The molecule has 1 aromatic rings. The molecule has 0 spiro atoms. The lowest BCUT2D eigenvalue weighted by Gasteiger charge is -2.18. The summed E-state index contributed by atoms with van der Waals surface area (Å²) in [5, 5.41) is 1.60. The van der Waals surface area contributed by atoms with Crippen LogP contribution in [-0.4, -0.2) is 15.7 Å². The Morgan fingerprint density at radius 3 is 2.38 bits per heavy atom. The third kappa shape index (κ3) is 3.36. The largest absolute Gasteiger partial charge is 0.226 e. The molecule has 0 radical (unpaired) electrons. The van der Waals surface area contributed by atoms with E-state index >= 15 is 0 Å². The maximum atomic E-state index is 6.14. The summed E-state index contributed by atoms with van der Waals surface area (Å²) in [6.07, 6.45) is 1.14. The van der Waals surface area contributed by atoms with Crippen LogP contribution < -0.4 is 0 Å². The van der Waals surface area contributed by atoms with E-state index in [1.165, 1.54) is 0 Å². The summed E-state index contributed by atoms with van der Waals surface area (Å²) in [5.41, 5.74) is 0.937. The average molecular weight is 259 g/mol. The van der Waals surface area contributed by atoms with Crippen LogP contribution in [0.25, 0.3) is 0 Å². The quantitative estimate of drug-likeness (QED) is 0.599. The van der Waals surface area contributed by atoms with Crippen LogP contribution in [0, 0.1) is 6.92 Å². The number of hydrogen-bond acceptors (Lipinski definition) is 3. The van der Waals surface area contributed by atoms with Gasteiger partial charge in [-0.3, -0.25) is 0 Å². The minimum Gasteiger partial charge on any atom is -0.226 e. The minimum absolute atomic E-state index is 0.0567.